The lowest BCUT2D eigenvalue weighted by atomic mass is 10.3. The molecule has 0 aliphatic heterocycles. The highest BCUT2D eigenvalue weighted by Crippen LogP contribution is 2.23. The third-order valence-corrected chi connectivity index (χ3v) is 4.87. The summed E-state index contributed by atoms with van der Waals surface area (Å²) in [4.78, 5) is 14.0. The van der Waals surface area contributed by atoms with Gasteiger partial charge < -0.3 is 5.32 Å². The molecule has 0 saturated carbocycles. The fourth-order valence-electron chi connectivity index (χ4n) is 2.00. The van der Waals surface area contributed by atoms with Gasteiger partial charge in [0.2, 0.25) is 5.91 Å². The second-order valence-corrected chi connectivity index (χ2v) is 6.62. The van der Waals surface area contributed by atoms with Gasteiger partial charge in [-0.3, -0.25) is 9.48 Å². The van der Waals surface area contributed by atoms with Gasteiger partial charge in [0.25, 0.3) is 0 Å². The number of thiophene rings is 2. The van der Waals surface area contributed by atoms with E-state index in [-0.39, 0.29) is 5.91 Å². The van der Waals surface area contributed by atoms with E-state index in [1.807, 2.05) is 54.2 Å². The van der Waals surface area contributed by atoms with Crippen LogP contribution in [0.2, 0.25) is 0 Å². The van der Waals surface area contributed by atoms with Crippen LogP contribution in [0.4, 0.5) is 0 Å². The molecule has 3 aromatic rings. The Hall–Kier alpha value is -2.18. The number of aryl methyl sites for hydroxylation is 1. The molecule has 0 atom stereocenters. The van der Waals surface area contributed by atoms with Crippen molar-refractivity contribution in [1.82, 2.24) is 15.1 Å². The zero-order chi connectivity index (χ0) is 15.4. The predicted molar refractivity (Wildman–Crippen MR) is 91.7 cm³/mol. The number of carbonyl (C=O) groups excluding carboxylic acids is 1. The van der Waals surface area contributed by atoms with E-state index in [2.05, 4.69) is 10.4 Å². The van der Waals surface area contributed by atoms with Gasteiger partial charge in [-0.1, -0.05) is 12.1 Å². The fraction of sp³-hybridized carbons (Fsp3) is 0.125. The Kier molecular flexibility index (Phi) is 4.50. The Morgan fingerprint density at radius 1 is 1.32 bits per heavy atom. The number of amides is 1. The third kappa shape index (κ3) is 3.52. The summed E-state index contributed by atoms with van der Waals surface area (Å²) in [5, 5.41) is 11.4. The van der Waals surface area contributed by atoms with Crippen LogP contribution < -0.4 is 5.32 Å². The van der Waals surface area contributed by atoms with Crippen LogP contribution >= 0.6 is 22.7 Å². The molecule has 112 valence electrons. The van der Waals surface area contributed by atoms with E-state index < -0.39 is 0 Å². The maximum absolute atomic E-state index is 11.8. The second kappa shape index (κ2) is 6.72. The molecule has 3 aromatic heterocycles. The lowest BCUT2D eigenvalue weighted by Gasteiger charge is -2.02. The summed E-state index contributed by atoms with van der Waals surface area (Å²) < 4.78 is 1.80. The lowest BCUT2D eigenvalue weighted by molar-refractivity contribution is -0.116. The minimum atomic E-state index is -0.104. The van der Waals surface area contributed by atoms with Crippen LogP contribution in [-0.2, 0) is 18.4 Å². The van der Waals surface area contributed by atoms with Gasteiger partial charge in [0.05, 0.1) is 17.1 Å². The Morgan fingerprint density at radius 3 is 2.86 bits per heavy atom. The third-order valence-electron chi connectivity index (χ3n) is 3.14. The number of hydrogen-bond acceptors (Lipinski definition) is 4. The summed E-state index contributed by atoms with van der Waals surface area (Å²) in [6.07, 6.45) is 3.38. The van der Waals surface area contributed by atoms with Gasteiger partial charge in [0.1, 0.15) is 5.69 Å². The SMILES string of the molecule is Cn1nc(-c2cccs2)cc1CNC(=O)/C=C/c1cccs1. The van der Waals surface area contributed by atoms with E-state index in [0.717, 1.165) is 21.1 Å². The van der Waals surface area contributed by atoms with Gasteiger partial charge in [0.15, 0.2) is 0 Å². The quantitative estimate of drug-likeness (QED) is 0.728. The molecule has 1 N–H and O–H groups in total. The van der Waals surface area contributed by atoms with Crippen LogP contribution in [0.3, 0.4) is 0 Å². The standard InChI is InChI=1S/C16H15N3OS2/c1-19-12(10-14(18-19)15-5-3-9-22-15)11-17-16(20)7-6-13-4-2-8-21-13/h2-10H,11H2,1H3,(H,17,20)/b7-6+. The first-order valence-corrected chi connectivity index (χ1v) is 8.54. The topological polar surface area (TPSA) is 46.9 Å². The molecule has 3 rings (SSSR count). The Balaban J connectivity index is 1.61. The molecular formula is C16H15N3OS2. The number of aromatic nitrogens is 2. The van der Waals surface area contributed by atoms with E-state index in [0.29, 0.717) is 6.54 Å². The molecular weight excluding hydrogens is 314 g/mol. The average molecular weight is 329 g/mol. The molecule has 3 heterocycles. The molecule has 0 aliphatic carbocycles. The molecule has 0 spiro atoms. The van der Waals surface area contributed by atoms with Gasteiger partial charge in [-0.2, -0.15) is 5.10 Å². The fourth-order valence-corrected chi connectivity index (χ4v) is 3.30. The summed E-state index contributed by atoms with van der Waals surface area (Å²) in [6.45, 7) is 0.461. The zero-order valence-corrected chi connectivity index (χ0v) is 13.7. The first-order valence-electron chi connectivity index (χ1n) is 6.78. The maximum atomic E-state index is 11.8. The Morgan fingerprint density at radius 2 is 2.14 bits per heavy atom. The molecule has 4 nitrogen and oxygen atoms in total. The van der Waals surface area contributed by atoms with Gasteiger partial charge in [-0.05, 0) is 35.0 Å². The van der Waals surface area contributed by atoms with Crippen molar-refractivity contribution in [2.75, 3.05) is 0 Å². The lowest BCUT2D eigenvalue weighted by Crippen LogP contribution is -2.21. The van der Waals surface area contributed by atoms with Crippen molar-refractivity contribution in [3.05, 3.63) is 57.7 Å². The van der Waals surface area contributed by atoms with Gasteiger partial charge >= 0.3 is 0 Å². The molecule has 0 fully saturated rings. The number of carbonyl (C=O) groups is 1. The molecule has 0 radical (unpaired) electrons. The molecule has 22 heavy (non-hydrogen) atoms. The zero-order valence-electron chi connectivity index (χ0n) is 12.0. The van der Waals surface area contributed by atoms with E-state index in [1.165, 1.54) is 0 Å². The van der Waals surface area contributed by atoms with Gasteiger partial charge in [-0.15, -0.1) is 22.7 Å². The predicted octanol–water partition coefficient (Wildman–Crippen LogP) is 3.54. The number of nitrogens with one attached hydrogen (secondary N) is 1. The van der Waals surface area contributed by atoms with Gasteiger partial charge in [0, 0.05) is 18.0 Å². The highest BCUT2D eigenvalue weighted by molar-refractivity contribution is 7.13. The normalized spacial score (nSPS) is 11.1. The van der Waals surface area contributed by atoms with Crippen molar-refractivity contribution in [1.29, 1.82) is 0 Å². The monoisotopic (exact) mass is 329 g/mol. The molecule has 0 aliphatic rings. The largest absolute Gasteiger partial charge is 0.347 e. The van der Waals surface area contributed by atoms with Crippen molar-refractivity contribution in [2.45, 2.75) is 6.54 Å². The number of rotatable bonds is 5. The summed E-state index contributed by atoms with van der Waals surface area (Å²) in [5.74, 6) is -0.104. The van der Waals surface area contributed by atoms with Crippen LogP contribution in [0.15, 0.2) is 47.2 Å². The number of hydrogen-bond donors (Lipinski definition) is 1. The highest BCUT2D eigenvalue weighted by Gasteiger charge is 2.08. The maximum Gasteiger partial charge on any atom is 0.244 e. The second-order valence-electron chi connectivity index (χ2n) is 4.69. The van der Waals surface area contributed by atoms with Crippen molar-refractivity contribution in [2.24, 2.45) is 7.05 Å². The highest BCUT2D eigenvalue weighted by atomic mass is 32.1. The first kappa shape index (κ1) is 14.7. The van der Waals surface area contributed by atoms with Crippen LogP contribution in [-0.4, -0.2) is 15.7 Å². The van der Waals surface area contributed by atoms with Crippen LogP contribution in [0.1, 0.15) is 10.6 Å². The van der Waals surface area contributed by atoms with E-state index in [1.54, 1.807) is 33.4 Å². The smallest absolute Gasteiger partial charge is 0.244 e. The average Bonchev–Trinajstić information content (AvgIpc) is 3.24. The summed E-state index contributed by atoms with van der Waals surface area (Å²) in [5.41, 5.74) is 1.91. The van der Waals surface area contributed by atoms with E-state index in [4.69, 9.17) is 0 Å². The van der Waals surface area contributed by atoms with Crippen molar-refractivity contribution >= 4 is 34.7 Å². The Labute approximate surface area is 136 Å². The molecule has 6 heteroatoms. The minimum Gasteiger partial charge on any atom is -0.347 e. The van der Waals surface area contributed by atoms with Crippen molar-refractivity contribution in [3.8, 4) is 10.6 Å². The molecule has 0 aromatic carbocycles. The van der Waals surface area contributed by atoms with Gasteiger partial charge in [-0.25, -0.2) is 0 Å². The van der Waals surface area contributed by atoms with Crippen LogP contribution in [0.5, 0.6) is 0 Å². The van der Waals surface area contributed by atoms with Crippen molar-refractivity contribution < 1.29 is 4.79 Å². The van der Waals surface area contributed by atoms with E-state index in [9.17, 15) is 4.79 Å². The molecule has 0 bridgehead atoms. The van der Waals surface area contributed by atoms with Crippen LogP contribution in [0, 0.1) is 0 Å². The van der Waals surface area contributed by atoms with E-state index >= 15 is 0 Å². The first-order chi connectivity index (χ1) is 10.7. The summed E-state index contributed by atoms with van der Waals surface area (Å²) in [7, 11) is 1.89. The van der Waals surface area contributed by atoms with Crippen LogP contribution in [0.25, 0.3) is 16.6 Å². The number of nitrogens with zero attached hydrogens (tertiary/aromatic N) is 2. The molecule has 1 amide bonds. The van der Waals surface area contributed by atoms with Crippen molar-refractivity contribution in [3.63, 3.8) is 0 Å². The molecule has 0 saturated heterocycles. The molecule has 0 unspecified atom stereocenters. The minimum absolute atomic E-state index is 0.104. The summed E-state index contributed by atoms with van der Waals surface area (Å²) >= 11 is 3.26. The summed E-state index contributed by atoms with van der Waals surface area (Å²) in [6, 6.07) is 9.99. The Bertz CT molecular complexity index is 771.